The van der Waals surface area contributed by atoms with Crippen molar-refractivity contribution in [3.05, 3.63) is 17.8 Å². The molecule has 2 N–H and O–H groups in total. The fourth-order valence-corrected chi connectivity index (χ4v) is 3.44. The summed E-state index contributed by atoms with van der Waals surface area (Å²) in [6.07, 6.45) is 8.60. The summed E-state index contributed by atoms with van der Waals surface area (Å²) < 4.78 is 0. The average Bonchev–Trinajstić information content (AvgIpc) is 2.51. The van der Waals surface area contributed by atoms with E-state index in [1.165, 1.54) is 45.2 Å². The molecule has 0 bridgehead atoms. The van der Waals surface area contributed by atoms with E-state index in [2.05, 4.69) is 14.8 Å². The lowest BCUT2D eigenvalue weighted by molar-refractivity contribution is 0.141. The highest BCUT2D eigenvalue weighted by Crippen LogP contribution is 2.25. The van der Waals surface area contributed by atoms with Crippen LogP contribution in [0.1, 0.15) is 37.7 Å². The van der Waals surface area contributed by atoms with Crippen LogP contribution in [0.4, 0.5) is 11.5 Å². The Bertz CT molecular complexity index is 446. The molecule has 2 aliphatic heterocycles. The van der Waals surface area contributed by atoms with E-state index in [0.717, 1.165) is 36.2 Å². The van der Waals surface area contributed by atoms with Crippen LogP contribution in [0.2, 0.25) is 0 Å². The maximum Gasteiger partial charge on any atom is 0.130 e. The van der Waals surface area contributed by atoms with Gasteiger partial charge in [-0.3, -0.25) is 0 Å². The van der Waals surface area contributed by atoms with Crippen LogP contribution in [0.15, 0.2) is 12.3 Å². The molecule has 3 heterocycles. The summed E-state index contributed by atoms with van der Waals surface area (Å²) >= 11 is 0. The summed E-state index contributed by atoms with van der Waals surface area (Å²) in [6.45, 7) is 6.84. The summed E-state index contributed by atoms with van der Waals surface area (Å²) in [7, 11) is 0. The number of likely N-dealkylation sites (tertiary alicyclic amines) is 1. The van der Waals surface area contributed by atoms with E-state index >= 15 is 0 Å². The van der Waals surface area contributed by atoms with Gasteiger partial charge in [0, 0.05) is 37.1 Å². The maximum absolute atomic E-state index is 6.00. The highest BCUT2D eigenvalue weighted by molar-refractivity contribution is 5.54. The first-order valence-electron chi connectivity index (χ1n) is 7.95. The molecule has 0 spiro atoms. The second-order valence-electron chi connectivity index (χ2n) is 6.21. The Morgan fingerprint density at radius 3 is 2.45 bits per heavy atom. The third-order valence-corrected chi connectivity index (χ3v) is 4.83. The molecule has 0 aromatic carbocycles. The van der Waals surface area contributed by atoms with Crippen molar-refractivity contribution >= 4 is 11.5 Å². The van der Waals surface area contributed by atoms with Gasteiger partial charge in [-0.15, -0.1) is 0 Å². The summed E-state index contributed by atoms with van der Waals surface area (Å²) in [6, 6.07) is 2.81. The molecule has 20 heavy (non-hydrogen) atoms. The molecule has 110 valence electrons. The lowest BCUT2D eigenvalue weighted by Crippen LogP contribution is -2.46. The number of nitrogens with two attached hydrogens (primary N) is 1. The molecule has 0 atom stereocenters. The number of pyridine rings is 1. The number of anilines is 2. The normalized spacial score (nSPS) is 22.1. The first kappa shape index (κ1) is 13.7. The Balaban J connectivity index is 1.58. The summed E-state index contributed by atoms with van der Waals surface area (Å²) in [5, 5.41) is 0. The Kier molecular flexibility index (Phi) is 4.10. The Hall–Kier alpha value is -1.29. The van der Waals surface area contributed by atoms with Gasteiger partial charge in [-0.2, -0.15) is 0 Å². The molecule has 0 amide bonds. The lowest BCUT2D eigenvalue weighted by atomic mass is 10.00. The number of rotatable bonds is 2. The minimum atomic E-state index is 0.786. The van der Waals surface area contributed by atoms with E-state index in [4.69, 9.17) is 5.73 Å². The highest BCUT2D eigenvalue weighted by Gasteiger charge is 2.26. The van der Waals surface area contributed by atoms with Crippen LogP contribution < -0.4 is 10.6 Å². The molecule has 4 nitrogen and oxygen atoms in total. The lowest BCUT2D eigenvalue weighted by Gasteiger charge is -2.40. The topological polar surface area (TPSA) is 45.4 Å². The summed E-state index contributed by atoms with van der Waals surface area (Å²) in [5.41, 5.74) is 7.92. The second kappa shape index (κ2) is 6.00. The molecule has 1 aromatic rings. The Labute approximate surface area is 122 Å². The van der Waals surface area contributed by atoms with Gasteiger partial charge in [0.15, 0.2) is 0 Å². The van der Waals surface area contributed by atoms with Crippen LogP contribution in [0.5, 0.6) is 0 Å². The molecule has 1 aromatic heterocycles. The molecule has 0 aliphatic carbocycles. The molecule has 0 radical (unpaired) electrons. The number of aryl methyl sites for hydroxylation is 1. The van der Waals surface area contributed by atoms with Crippen LogP contribution >= 0.6 is 0 Å². The largest absolute Gasteiger partial charge is 0.398 e. The van der Waals surface area contributed by atoms with Crippen LogP contribution in [0, 0.1) is 6.92 Å². The van der Waals surface area contributed by atoms with Crippen molar-refractivity contribution in [2.45, 2.75) is 45.1 Å². The van der Waals surface area contributed by atoms with Crippen LogP contribution in [0.25, 0.3) is 0 Å². The average molecular weight is 274 g/mol. The molecule has 2 aliphatic rings. The van der Waals surface area contributed by atoms with Crippen molar-refractivity contribution < 1.29 is 0 Å². The molecule has 3 rings (SSSR count). The quantitative estimate of drug-likeness (QED) is 0.899. The molecule has 2 fully saturated rings. The molecule has 4 heteroatoms. The van der Waals surface area contributed by atoms with E-state index < -0.39 is 0 Å². The third kappa shape index (κ3) is 2.90. The number of nitrogen functional groups attached to an aromatic ring is 1. The van der Waals surface area contributed by atoms with Gasteiger partial charge in [0.05, 0.1) is 0 Å². The Morgan fingerprint density at radius 1 is 1.10 bits per heavy atom. The monoisotopic (exact) mass is 274 g/mol. The van der Waals surface area contributed by atoms with Crippen LogP contribution in [-0.2, 0) is 0 Å². The third-order valence-electron chi connectivity index (χ3n) is 4.83. The van der Waals surface area contributed by atoms with Gasteiger partial charge in [0.2, 0.25) is 0 Å². The van der Waals surface area contributed by atoms with Gasteiger partial charge >= 0.3 is 0 Å². The number of hydrogen-bond donors (Lipinski definition) is 1. The summed E-state index contributed by atoms with van der Waals surface area (Å²) in [4.78, 5) is 9.62. The van der Waals surface area contributed by atoms with Crippen molar-refractivity contribution in [2.24, 2.45) is 0 Å². The van der Waals surface area contributed by atoms with Gasteiger partial charge in [0.25, 0.3) is 0 Å². The van der Waals surface area contributed by atoms with Gasteiger partial charge in [-0.1, -0.05) is 6.42 Å². The predicted octanol–water partition coefficient (Wildman–Crippen LogP) is 2.43. The van der Waals surface area contributed by atoms with Crippen molar-refractivity contribution in [3.63, 3.8) is 0 Å². The Morgan fingerprint density at radius 2 is 1.80 bits per heavy atom. The molecule has 0 unspecified atom stereocenters. The first-order chi connectivity index (χ1) is 9.74. The fourth-order valence-electron chi connectivity index (χ4n) is 3.44. The van der Waals surface area contributed by atoms with Gasteiger partial charge in [0.1, 0.15) is 5.82 Å². The van der Waals surface area contributed by atoms with E-state index in [1.54, 1.807) is 0 Å². The minimum absolute atomic E-state index is 0.786. The van der Waals surface area contributed by atoms with E-state index in [-0.39, 0.29) is 0 Å². The number of nitrogens with zero attached hydrogens (tertiary/aromatic N) is 3. The zero-order chi connectivity index (χ0) is 13.9. The first-order valence-corrected chi connectivity index (χ1v) is 7.95. The molecular weight excluding hydrogens is 248 g/mol. The van der Waals surface area contributed by atoms with Crippen molar-refractivity contribution in [2.75, 3.05) is 36.8 Å². The smallest absolute Gasteiger partial charge is 0.130 e. The molecule has 0 saturated carbocycles. The van der Waals surface area contributed by atoms with Crippen molar-refractivity contribution in [1.29, 1.82) is 0 Å². The maximum atomic E-state index is 6.00. The zero-order valence-corrected chi connectivity index (χ0v) is 12.5. The standard InChI is InChI=1S/C16H26N4/c1-13-12-18-16(11-15(13)17)20-9-5-14(6-10-20)19-7-3-2-4-8-19/h11-12,14H,2-10H2,1H3,(H2,17,18). The molecular formula is C16H26N4. The van der Waals surface area contributed by atoms with Crippen LogP contribution in [-0.4, -0.2) is 42.1 Å². The number of aromatic nitrogens is 1. The van der Waals surface area contributed by atoms with E-state index in [1.807, 2.05) is 19.2 Å². The van der Waals surface area contributed by atoms with Gasteiger partial charge in [-0.25, -0.2) is 4.98 Å². The zero-order valence-electron chi connectivity index (χ0n) is 12.5. The fraction of sp³-hybridized carbons (Fsp3) is 0.688. The van der Waals surface area contributed by atoms with Gasteiger partial charge < -0.3 is 15.5 Å². The second-order valence-corrected chi connectivity index (χ2v) is 6.21. The van der Waals surface area contributed by atoms with Crippen molar-refractivity contribution in [1.82, 2.24) is 9.88 Å². The van der Waals surface area contributed by atoms with E-state index in [0.29, 0.717) is 0 Å². The minimum Gasteiger partial charge on any atom is -0.398 e. The number of hydrogen-bond acceptors (Lipinski definition) is 4. The summed E-state index contributed by atoms with van der Waals surface area (Å²) in [5.74, 6) is 1.05. The van der Waals surface area contributed by atoms with Gasteiger partial charge in [-0.05, 0) is 51.3 Å². The predicted molar refractivity (Wildman–Crippen MR) is 84.0 cm³/mol. The van der Waals surface area contributed by atoms with Crippen LogP contribution in [0.3, 0.4) is 0 Å². The highest BCUT2D eigenvalue weighted by atomic mass is 15.2. The number of piperidine rings is 2. The SMILES string of the molecule is Cc1cnc(N2CCC(N3CCCCC3)CC2)cc1N. The van der Waals surface area contributed by atoms with E-state index in [9.17, 15) is 0 Å². The molecule has 2 saturated heterocycles. The van der Waals surface area contributed by atoms with Crippen molar-refractivity contribution in [3.8, 4) is 0 Å².